The van der Waals surface area contributed by atoms with Crippen LogP contribution in [0.25, 0.3) is 22.1 Å². The summed E-state index contributed by atoms with van der Waals surface area (Å²) in [6, 6.07) is 15.7. The SMILES string of the molecule is CC(C)(C)OC(=O)n1c(Cc2ccc(S(=O)(=O)CC3CC3)cc2)nc2c(Cl)c(N3CCC(F)(F)CC3)c(Cl)cc21.COC(=O)CC(c1ccc(S(=O)(=O)CC2CC2)cc1)c1nc2c(Cl)c(N3CCC(F)(F)CC3)c(Cl)cc2n1C(=O)OC(C)(C)C. The van der Waals surface area contributed by atoms with Crippen LogP contribution in [0.3, 0.4) is 0 Å². The van der Waals surface area contributed by atoms with Crippen LogP contribution in [-0.4, -0.2) is 122 Å². The molecule has 4 heterocycles. The van der Waals surface area contributed by atoms with Gasteiger partial charge < -0.3 is 24.0 Å². The van der Waals surface area contributed by atoms with Gasteiger partial charge in [0, 0.05) is 58.3 Å². The number of esters is 1. The highest BCUT2D eigenvalue weighted by atomic mass is 35.5. The zero-order chi connectivity index (χ0) is 61.9. The topological polar surface area (TPSA) is 189 Å². The number of ether oxygens (including phenoxy) is 3. The van der Waals surface area contributed by atoms with Crippen molar-refractivity contribution in [1.29, 1.82) is 0 Å². The smallest absolute Gasteiger partial charge is 0.420 e. The Bertz CT molecular complexity index is 3770. The molecule has 4 aliphatic rings. The maximum atomic E-state index is 13.9. The lowest BCUT2D eigenvalue weighted by Crippen LogP contribution is -2.39. The molecule has 10 rings (SSSR count). The van der Waals surface area contributed by atoms with Gasteiger partial charge in [0.1, 0.15) is 33.9 Å². The van der Waals surface area contributed by atoms with Crippen molar-refractivity contribution in [2.24, 2.45) is 11.8 Å². The van der Waals surface area contributed by atoms with Crippen LogP contribution in [0.4, 0.5) is 38.5 Å². The molecule has 1 atom stereocenters. The first-order valence-electron chi connectivity index (χ1n) is 27.9. The molecule has 0 N–H and O–H groups in total. The van der Waals surface area contributed by atoms with E-state index in [4.69, 9.17) is 65.6 Å². The molecule has 0 radical (unpaired) electrons. The largest absolute Gasteiger partial charge is 0.469 e. The number of halogens is 8. The molecular weight excluding hydrogens is 1230 g/mol. The maximum Gasteiger partial charge on any atom is 0.420 e. The number of aromatic nitrogens is 4. The van der Waals surface area contributed by atoms with E-state index in [-0.39, 0.29) is 135 Å². The first kappa shape index (κ1) is 64.1. The van der Waals surface area contributed by atoms with Crippen LogP contribution in [0, 0.1) is 11.8 Å². The van der Waals surface area contributed by atoms with E-state index in [1.165, 1.54) is 34.4 Å². The molecule has 2 aliphatic heterocycles. The summed E-state index contributed by atoms with van der Waals surface area (Å²) in [4.78, 5) is 53.0. The molecule has 4 aromatic carbocycles. The fourth-order valence-electron chi connectivity index (χ4n) is 10.3. The third kappa shape index (κ3) is 15.1. The minimum atomic E-state index is -3.50. The van der Waals surface area contributed by atoms with Gasteiger partial charge in [0.2, 0.25) is 0 Å². The van der Waals surface area contributed by atoms with Crippen LogP contribution in [0.5, 0.6) is 0 Å². The van der Waals surface area contributed by atoms with Crippen LogP contribution < -0.4 is 9.80 Å². The predicted octanol–water partition coefficient (Wildman–Crippen LogP) is 14.4. The van der Waals surface area contributed by atoms with Gasteiger partial charge in [-0.25, -0.2) is 63.1 Å². The highest BCUT2D eigenvalue weighted by Gasteiger charge is 2.40. The van der Waals surface area contributed by atoms with E-state index in [0.717, 1.165) is 31.2 Å². The average molecular weight is 1300 g/mol. The van der Waals surface area contributed by atoms with E-state index in [2.05, 4.69) is 4.98 Å². The lowest BCUT2D eigenvalue weighted by atomic mass is 9.95. The predicted molar refractivity (Wildman–Crippen MR) is 319 cm³/mol. The average Bonchev–Trinajstić information content (AvgIpc) is 2.11. The number of alkyl halides is 4. The van der Waals surface area contributed by atoms with Crippen molar-refractivity contribution >= 4 is 118 Å². The van der Waals surface area contributed by atoms with E-state index < -0.39 is 66.8 Å². The Morgan fingerprint density at radius 1 is 0.624 bits per heavy atom. The Morgan fingerprint density at radius 3 is 1.44 bits per heavy atom. The number of benzene rings is 4. The molecule has 16 nitrogen and oxygen atoms in total. The number of carbonyl (C=O) groups excluding carboxylic acids is 3. The molecule has 0 spiro atoms. The van der Waals surface area contributed by atoms with Gasteiger partial charge in [-0.3, -0.25) is 4.79 Å². The fraction of sp³-hybridized carbons (Fsp3) is 0.508. The van der Waals surface area contributed by atoms with E-state index in [1.807, 2.05) is 0 Å². The first-order valence-corrected chi connectivity index (χ1v) is 32.7. The van der Waals surface area contributed by atoms with Gasteiger partial charge in [-0.1, -0.05) is 70.7 Å². The van der Waals surface area contributed by atoms with E-state index in [0.29, 0.717) is 33.8 Å². The monoisotopic (exact) mass is 1300 g/mol. The number of sulfone groups is 2. The number of carbonyl (C=O) groups is 3. The summed E-state index contributed by atoms with van der Waals surface area (Å²) in [6.45, 7) is 10.5. The number of nitrogens with zero attached hydrogens (tertiary/aromatic N) is 6. The van der Waals surface area contributed by atoms with Gasteiger partial charge in [0.25, 0.3) is 11.8 Å². The van der Waals surface area contributed by atoms with Gasteiger partial charge in [0.15, 0.2) is 19.7 Å². The maximum absolute atomic E-state index is 13.9. The van der Waals surface area contributed by atoms with Crippen LogP contribution in [-0.2, 0) is 45.1 Å². The third-order valence-electron chi connectivity index (χ3n) is 15.0. The van der Waals surface area contributed by atoms with Gasteiger partial charge in [-0.15, -0.1) is 0 Å². The minimum absolute atomic E-state index is 0.0124. The number of anilines is 2. The Morgan fingerprint density at radius 2 is 1.02 bits per heavy atom. The normalized spacial score (nSPS) is 17.8. The summed E-state index contributed by atoms with van der Waals surface area (Å²) in [7, 11) is -5.63. The zero-order valence-electron chi connectivity index (χ0n) is 47.9. The molecule has 2 aromatic heterocycles. The van der Waals surface area contributed by atoms with Gasteiger partial charge in [-0.05, 0) is 127 Å². The Kier molecular flexibility index (Phi) is 18.3. The van der Waals surface area contributed by atoms with Gasteiger partial charge >= 0.3 is 18.2 Å². The lowest BCUT2D eigenvalue weighted by Gasteiger charge is -2.34. The first-order chi connectivity index (χ1) is 39.6. The van der Waals surface area contributed by atoms with Crippen molar-refractivity contribution in [2.45, 2.75) is 145 Å². The van der Waals surface area contributed by atoms with Crippen molar-refractivity contribution in [3.05, 3.63) is 104 Å². The van der Waals surface area contributed by atoms with Crippen LogP contribution in [0.2, 0.25) is 20.1 Å². The Hall–Kier alpha value is -5.39. The summed E-state index contributed by atoms with van der Waals surface area (Å²) in [5, 5.41) is 0.565. The second-order valence-corrected chi connectivity index (χ2v) is 29.9. The second-order valence-electron chi connectivity index (χ2n) is 24.3. The number of rotatable bonds is 14. The molecule has 460 valence electrons. The van der Waals surface area contributed by atoms with Crippen molar-refractivity contribution in [3.63, 3.8) is 0 Å². The molecular formula is C59H66Cl4F4N6O10S2. The van der Waals surface area contributed by atoms with Crippen LogP contribution >= 0.6 is 46.4 Å². The molecule has 2 saturated carbocycles. The molecule has 0 amide bonds. The summed E-state index contributed by atoms with van der Waals surface area (Å²) in [5.41, 5.74) is 1.21. The molecule has 2 saturated heterocycles. The molecule has 85 heavy (non-hydrogen) atoms. The highest BCUT2D eigenvalue weighted by molar-refractivity contribution is 7.91. The number of methoxy groups -OCH3 is 1. The zero-order valence-corrected chi connectivity index (χ0v) is 52.6. The lowest BCUT2D eigenvalue weighted by molar-refractivity contribution is -0.140. The van der Waals surface area contributed by atoms with Crippen molar-refractivity contribution in [3.8, 4) is 0 Å². The Balaban J connectivity index is 0.000000205. The van der Waals surface area contributed by atoms with Crippen molar-refractivity contribution in [1.82, 2.24) is 19.1 Å². The summed E-state index contributed by atoms with van der Waals surface area (Å²) >= 11 is 27.0. The van der Waals surface area contributed by atoms with Gasteiger partial charge in [-0.2, -0.15) is 0 Å². The molecule has 2 aliphatic carbocycles. The van der Waals surface area contributed by atoms with Gasteiger partial charge in [0.05, 0.1) is 83.2 Å². The standard InChI is InChI=1S/C31H35Cl2F2N3O6S.C28H31Cl2F2N3O4S/c1-30(2,3)44-29(40)38-23-16-22(32)27(37-13-11-31(34,35)12-14-37)25(33)26(23)36-28(38)21(15-24(39)43-4)19-7-9-20(10-8-19)45(41,42)17-18-5-6-18;1-27(2,3)39-26(36)35-21-15-20(29)25(34-12-10-28(31,32)11-13-34)23(30)24(21)33-22(35)14-17-6-8-19(9-7-17)40(37,38)16-18-4-5-18/h7-10,16,18,21H,5-6,11-15,17H2,1-4H3;6-9,15,18H,4-5,10-14,16H2,1-3H3. The fourth-order valence-corrected chi connectivity index (χ4v) is 15.1. The number of piperidine rings is 2. The third-order valence-corrected chi connectivity index (χ3v) is 20.1. The number of hydrogen-bond acceptors (Lipinski definition) is 14. The Labute approximate surface area is 511 Å². The molecule has 6 aromatic rings. The molecule has 26 heteroatoms. The van der Waals surface area contributed by atoms with Crippen LogP contribution in [0.15, 0.2) is 70.5 Å². The second kappa shape index (κ2) is 24.3. The summed E-state index contributed by atoms with van der Waals surface area (Å²) < 4.78 is 125. The number of hydrogen-bond donors (Lipinski definition) is 0. The van der Waals surface area contributed by atoms with Crippen molar-refractivity contribution < 1.29 is 63.0 Å². The number of fused-ring (bicyclic) bond motifs is 2. The number of imidazole rings is 2. The highest BCUT2D eigenvalue weighted by Crippen LogP contribution is 2.46. The van der Waals surface area contributed by atoms with Crippen molar-refractivity contribution in [2.75, 3.05) is 54.6 Å². The molecule has 1 unspecified atom stereocenters. The minimum Gasteiger partial charge on any atom is -0.469 e. The molecule has 4 fully saturated rings. The quantitative estimate of drug-likeness (QED) is 0.0569. The summed E-state index contributed by atoms with van der Waals surface area (Å²) in [5.74, 6) is -6.01. The van der Waals surface area contributed by atoms with E-state index in [9.17, 15) is 48.8 Å². The molecule has 0 bridgehead atoms. The summed E-state index contributed by atoms with van der Waals surface area (Å²) in [6.07, 6.45) is 0.715. The van der Waals surface area contributed by atoms with E-state index in [1.54, 1.807) is 93.8 Å². The van der Waals surface area contributed by atoms with Crippen LogP contribution in [0.1, 0.15) is 128 Å². The van der Waals surface area contributed by atoms with E-state index >= 15 is 0 Å².